The third kappa shape index (κ3) is 5.36. The van der Waals surface area contributed by atoms with E-state index in [9.17, 15) is 17.6 Å². The molecule has 0 unspecified atom stereocenters. The first kappa shape index (κ1) is 22.9. The number of hydrogen-bond acceptors (Lipinski definition) is 4. The van der Waals surface area contributed by atoms with Gasteiger partial charge >= 0.3 is 0 Å². The molecule has 2 aliphatic rings. The van der Waals surface area contributed by atoms with Gasteiger partial charge < -0.3 is 5.32 Å². The zero-order valence-corrected chi connectivity index (χ0v) is 19.0. The smallest absolute Gasteiger partial charge is 0.243 e. The molecule has 4 rings (SSSR count). The summed E-state index contributed by atoms with van der Waals surface area (Å²) in [5, 5.41) is 3.02. The summed E-state index contributed by atoms with van der Waals surface area (Å²) in [6.45, 7) is 4.05. The van der Waals surface area contributed by atoms with Crippen molar-refractivity contribution in [3.05, 3.63) is 65.5 Å². The topological polar surface area (TPSA) is 69.7 Å². The lowest BCUT2D eigenvalue weighted by atomic mass is 9.98. The molecule has 2 heterocycles. The molecule has 172 valence electrons. The van der Waals surface area contributed by atoms with Crippen molar-refractivity contribution in [1.29, 1.82) is 0 Å². The maximum atomic E-state index is 13.2. The summed E-state index contributed by atoms with van der Waals surface area (Å²) in [5.74, 6) is -1.01. The van der Waals surface area contributed by atoms with Crippen LogP contribution in [-0.4, -0.2) is 49.7 Å². The second-order valence-electron chi connectivity index (χ2n) is 8.63. The number of halogens is 1. The largest absolute Gasteiger partial charge is 0.352 e. The van der Waals surface area contributed by atoms with E-state index in [0.29, 0.717) is 25.9 Å². The van der Waals surface area contributed by atoms with E-state index >= 15 is 0 Å². The van der Waals surface area contributed by atoms with Gasteiger partial charge in [0.05, 0.1) is 10.8 Å². The number of rotatable bonds is 7. The van der Waals surface area contributed by atoms with Gasteiger partial charge in [-0.3, -0.25) is 9.69 Å². The van der Waals surface area contributed by atoms with Crippen molar-refractivity contribution in [2.75, 3.05) is 26.2 Å². The van der Waals surface area contributed by atoms with Crippen molar-refractivity contribution in [3.63, 3.8) is 0 Å². The lowest BCUT2D eigenvalue weighted by Crippen LogP contribution is -2.45. The van der Waals surface area contributed by atoms with Gasteiger partial charge in [-0.15, -0.1) is 0 Å². The maximum Gasteiger partial charge on any atom is 0.243 e. The number of amides is 1. The summed E-state index contributed by atoms with van der Waals surface area (Å²) < 4.78 is 40.4. The van der Waals surface area contributed by atoms with Crippen molar-refractivity contribution in [1.82, 2.24) is 14.5 Å². The molecule has 0 aliphatic carbocycles. The number of hydrogen-bond donors (Lipinski definition) is 1. The number of likely N-dealkylation sites (tertiary alicyclic amines) is 1. The van der Waals surface area contributed by atoms with Crippen molar-refractivity contribution < 1.29 is 17.6 Å². The monoisotopic (exact) mass is 459 g/mol. The van der Waals surface area contributed by atoms with Gasteiger partial charge in [0, 0.05) is 26.2 Å². The minimum atomic E-state index is -3.75. The molecule has 32 heavy (non-hydrogen) atoms. The van der Waals surface area contributed by atoms with Gasteiger partial charge in [-0.05, 0) is 74.2 Å². The van der Waals surface area contributed by atoms with Crippen LogP contribution in [0.4, 0.5) is 4.39 Å². The Hall–Kier alpha value is -2.29. The van der Waals surface area contributed by atoms with Crippen LogP contribution in [0.15, 0.2) is 53.4 Å². The molecule has 0 saturated carbocycles. The maximum absolute atomic E-state index is 13.2. The van der Waals surface area contributed by atoms with Gasteiger partial charge in [0.15, 0.2) is 0 Å². The molecule has 1 N–H and O–H groups in total. The molecule has 0 radical (unpaired) electrons. The molecule has 0 bridgehead atoms. The van der Waals surface area contributed by atoms with E-state index in [1.807, 2.05) is 18.2 Å². The van der Waals surface area contributed by atoms with Crippen molar-refractivity contribution >= 4 is 15.9 Å². The number of nitrogens with zero attached hydrogens (tertiary/aromatic N) is 2. The first-order valence-electron chi connectivity index (χ1n) is 11.3. The second kappa shape index (κ2) is 10.1. The molecular weight excluding hydrogens is 429 g/mol. The van der Waals surface area contributed by atoms with Crippen LogP contribution in [-0.2, 0) is 27.9 Å². The minimum Gasteiger partial charge on any atom is -0.352 e. The van der Waals surface area contributed by atoms with Crippen LogP contribution in [0.5, 0.6) is 0 Å². The van der Waals surface area contributed by atoms with Gasteiger partial charge in [-0.1, -0.05) is 24.3 Å². The number of benzene rings is 2. The van der Waals surface area contributed by atoms with Crippen LogP contribution in [0.25, 0.3) is 0 Å². The molecule has 2 aliphatic heterocycles. The normalized spacial score (nSPS) is 20.3. The van der Waals surface area contributed by atoms with Gasteiger partial charge in [-0.25, -0.2) is 12.8 Å². The van der Waals surface area contributed by atoms with Crippen LogP contribution in [0.2, 0.25) is 0 Å². The van der Waals surface area contributed by atoms with Crippen molar-refractivity contribution in [2.45, 2.75) is 43.7 Å². The molecule has 2 fully saturated rings. The summed E-state index contributed by atoms with van der Waals surface area (Å²) in [4.78, 5) is 15.4. The third-order valence-corrected chi connectivity index (χ3v) is 8.25. The van der Waals surface area contributed by atoms with E-state index in [1.54, 1.807) is 0 Å². The summed E-state index contributed by atoms with van der Waals surface area (Å²) in [6.07, 6.45) is 3.73. The molecule has 6 nitrogen and oxygen atoms in total. The van der Waals surface area contributed by atoms with Crippen LogP contribution < -0.4 is 5.32 Å². The second-order valence-corrected chi connectivity index (χ2v) is 10.6. The van der Waals surface area contributed by atoms with Gasteiger partial charge in [0.1, 0.15) is 5.82 Å². The Morgan fingerprint density at radius 3 is 2.38 bits per heavy atom. The Morgan fingerprint density at radius 1 is 0.969 bits per heavy atom. The molecular formula is C24H30FN3O3S. The van der Waals surface area contributed by atoms with Gasteiger partial charge in [-0.2, -0.15) is 4.31 Å². The minimum absolute atomic E-state index is 0.0517. The third-order valence-electron chi connectivity index (χ3n) is 6.37. The SMILES string of the molecule is O=C(NCc1ccccc1CN1CCCC1)[C@H]1CCCN(S(=O)(=O)c2ccc(F)cc2)C1. The number of sulfonamides is 1. The Labute approximate surface area is 189 Å². The molecule has 2 aromatic rings. The number of nitrogens with one attached hydrogen (secondary N) is 1. The molecule has 2 aromatic carbocycles. The molecule has 8 heteroatoms. The molecule has 2 saturated heterocycles. The molecule has 1 amide bonds. The fourth-order valence-corrected chi connectivity index (χ4v) is 6.05. The molecule has 0 spiro atoms. The Balaban J connectivity index is 1.37. The van der Waals surface area contributed by atoms with E-state index in [4.69, 9.17) is 0 Å². The lowest BCUT2D eigenvalue weighted by molar-refractivity contribution is -0.126. The summed E-state index contributed by atoms with van der Waals surface area (Å²) in [6, 6.07) is 13.0. The van der Waals surface area contributed by atoms with E-state index < -0.39 is 21.8 Å². The van der Waals surface area contributed by atoms with Crippen LogP contribution >= 0.6 is 0 Å². The van der Waals surface area contributed by atoms with E-state index in [1.165, 1.54) is 34.8 Å². The predicted molar refractivity (Wildman–Crippen MR) is 121 cm³/mol. The predicted octanol–water partition coefficient (Wildman–Crippen LogP) is 3.14. The highest BCUT2D eigenvalue weighted by Gasteiger charge is 2.33. The quantitative estimate of drug-likeness (QED) is 0.691. The van der Waals surface area contributed by atoms with Gasteiger partial charge in [0.2, 0.25) is 15.9 Å². The van der Waals surface area contributed by atoms with E-state index in [-0.39, 0.29) is 17.3 Å². The van der Waals surface area contributed by atoms with Crippen molar-refractivity contribution in [2.24, 2.45) is 5.92 Å². The van der Waals surface area contributed by atoms with Crippen LogP contribution in [0, 0.1) is 11.7 Å². The standard InChI is InChI=1S/C24H30FN3O3S/c25-22-9-11-23(12-10-22)32(30,31)28-15-5-8-21(18-28)24(29)26-16-19-6-1-2-7-20(19)17-27-13-3-4-14-27/h1-2,6-7,9-12,21H,3-5,8,13-18H2,(H,26,29)/t21-/m0/s1. The number of carbonyl (C=O) groups excluding carboxylic acids is 1. The van der Waals surface area contributed by atoms with E-state index in [0.717, 1.165) is 37.3 Å². The average molecular weight is 460 g/mol. The van der Waals surface area contributed by atoms with Crippen LogP contribution in [0.3, 0.4) is 0 Å². The first-order chi connectivity index (χ1) is 15.4. The lowest BCUT2D eigenvalue weighted by Gasteiger charge is -2.31. The summed E-state index contributed by atoms with van der Waals surface area (Å²) in [7, 11) is -3.75. The Morgan fingerprint density at radius 2 is 1.66 bits per heavy atom. The number of carbonyl (C=O) groups is 1. The Kier molecular flexibility index (Phi) is 7.23. The van der Waals surface area contributed by atoms with Crippen molar-refractivity contribution in [3.8, 4) is 0 Å². The highest BCUT2D eigenvalue weighted by atomic mass is 32.2. The van der Waals surface area contributed by atoms with E-state index in [2.05, 4.69) is 16.3 Å². The first-order valence-corrected chi connectivity index (χ1v) is 12.7. The fraction of sp³-hybridized carbons (Fsp3) is 0.458. The molecule has 0 aromatic heterocycles. The highest BCUT2D eigenvalue weighted by Crippen LogP contribution is 2.24. The van der Waals surface area contributed by atoms with Gasteiger partial charge in [0.25, 0.3) is 0 Å². The zero-order valence-electron chi connectivity index (χ0n) is 18.2. The summed E-state index contributed by atoms with van der Waals surface area (Å²) in [5.41, 5.74) is 2.32. The fourth-order valence-electron chi connectivity index (χ4n) is 4.52. The highest BCUT2D eigenvalue weighted by molar-refractivity contribution is 7.89. The summed E-state index contributed by atoms with van der Waals surface area (Å²) >= 11 is 0. The molecule has 1 atom stereocenters. The zero-order chi connectivity index (χ0) is 22.6. The number of piperidine rings is 1. The average Bonchev–Trinajstić information content (AvgIpc) is 3.32. The van der Waals surface area contributed by atoms with Crippen LogP contribution in [0.1, 0.15) is 36.8 Å². The Bertz CT molecular complexity index is 1040.